The van der Waals surface area contributed by atoms with Gasteiger partial charge in [-0.1, -0.05) is 58.7 Å². The zero-order valence-corrected chi connectivity index (χ0v) is 14.0. The van der Waals surface area contributed by atoms with Gasteiger partial charge in [0, 0.05) is 29.7 Å². The topological polar surface area (TPSA) is 17.1 Å². The minimum Gasteiger partial charge on any atom is -0.300 e. The molecule has 0 saturated heterocycles. The van der Waals surface area contributed by atoms with Gasteiger partial charge in [0.25, 0.3) is 0 Å². The normalized spacial score (nSPS) is 10.9. The highest BCUT2D eigenvalue weighted by molar-refractivity contribution is 6.76. The van der Waals surface area contributed by atoms with E-state index in [1.165, 1.54) is 6.04 Å². The molecule has 0 N–H and O–H groups in total. The van der Waals surface area contributed by atoms with Gasteiger partial charge in [0.05, 0.1) is 0 Å². The summed E-state index contributed by atoms with van der Waals surface area (Å²) >= 11 is 0. The number of carbonyl (C=O) groups excluding carboxylic acids is 1. The second-order valence-corrected chi connectivity index (χ2v) is 15.0. The van der Waals surface area contributed by atoms with Crippen LogP contribution in [0.15, 0.2) is 0 Å². The van der Waals surface area contributed by atoms with E-state index in [-0.39, 0.29) is 8.80 Å². The molecule has 0 aliphatic heterocycles. The molecule has 3 heteroatoms. The summed E-state index contributed by atoms with van der Waals surface area (Å²) in [7, 11) is -1.11. The van der Waals surface area contributed by atoms with E-state index in [2.05, 4.69) is 39.7 Å². The van der Waals surface area contributed by atoms with Crippen molar-refractivity contribution in [3.8, 4) is 0 Å². The van der Waals surface area contributed by atoms with Crippen LogP contribution in [-0.4, -0.2) is 22.7 Å². The van der Waals surface area contributed by atoms with Crippen LogP contribution in [0.25, 0.3) is 0 Å². The summed E-state index contributed by atoms with van der Waals surface area (Å²) < 4.78 is 0. The molecule has 0 unspecified atom stereocenters. The van der Waals surface area contributed by atoms with E-state index in [1.807, 2.05) is 6.92 Å². The van der Waals surface area contributed by atoms with Crippen LogP contribution in [0.2, 0.25) is 44.8 Å². The molecule has 0 aliphatic rings. The van der Waals surface area contributed by atoms with E-state index in [9.17, 15) is 4.79 Å². The number of Topliss-reactive ketones (excluding diaryl/α,β-unsaturated/α-hetero) is 1. The number of hydrogen-bond donors (Lipinski definition) is 0. The van der Waals surface area contributed by atoms with Crippen molar-refractivity contribution in [2.45, 2.75) is 71.5 Å². The summed E-state index contributed by atoms with van der Waals surface area (Å²) in [5.74, 6) is 0.419. The fraction of sp³-hybridized carbons (Fsp3) is 0.917. The van der Waals surface area contributed by atoms with E-state index in [1.54, 1.807) is 0 Å². The van der Waals surface area contributed by atoms with Gasteiger partial charge in [-0.2, -0.15) is 0 Å². The standard InChI is InChI=1S/C8H18OSi.C4H12Si/c1-5-8(9)6-7-10(2,3)4;1-4-5(2)3/h5-7H2,1-4H3;5H,4H2,1-3H3. The molecule has 0 spiro atoms. The quantitative estimate of drug-likeness (QED) is 0.665. The van der Waals surface area contributed by atoms with Gasteiger partial charge in [-0.15, -0.1) is 0 Å². The van der Waals surface area contributed by atoms with Gasteiger partial charge in [-0.05, 0) is 0 Å². The molecule has 0 aromatic carbocycles. The lowest BCUT2D eigenvalue weighted by atomic mass is 10.2. The largest absolute Gasteiger partial charge is 0.300 e. The van der Waals surface area contributed by atoms with Gasteiger partial charge in [-0.25, -0.2) is 0 Å². The smallest absolute Gasteiger partial charge is 0.132 e. The van der Waals surface area contributed by atoms with Crippen LogP contribution in [-0.2, 0) is 4.79 Å². The van der Waals surface area contributed by atoms with Gasteiger partial charge in [-0.3, -0.25) is 4.79 Å². The van der Waals surface area contributed by atoms with E-state index in [0.717, 1.165) is 12.5 Å². The lowest BCUT2D eigenvalue weighted by Gasteiger charge is -2.13. The molecule has 92 valence electrons. The van der Waals surface area contributed by atoms with Gasteiger partial charge < -0.3 is 0 Å². The molecule has 0 bridgehead atoms. The number of rotatable bonds is 5. The maximum Gasteiger partial charge on any atom is 0.132 e. The molecule has 1 nitrogen and oxygen atoms in total. The Morgan fingerprint density at radius 3 is 1.73 bits per heavy atom. The summed E-state index contributed by atoms with van der Waals surface area (Å²) in [5.41, 5.74) is 0. The molecule has 0 saturated carbocycles. The Hall–Kier alpha value is 0.104. The molecule has 0 atom stereocenters. The maximum absolute atomic E-state index is 10.9. The minimum atomic E-state index is -0.957. The zero-order valence-electron chi connectivity index (χ0n) is 11.8. The van der Waals surface area contributed by atoms with Crippen molar-refractivity contribution >= 4 is 22.7 Å². The monoisotopic (exact) mass is 246 g/mol. The van der Waals surface area contributed by atoms with E-state index in [0.29, 0.717) is 12.2 Å². The lowest BCUT2D eigenvalue weighted by Crippen LogP contribution is -2.20. The molecule has 0 aromatic rings. The first-order valence-electron chi connectivity index (χ1n) is 6.24. The van der Waals surface area contributed by atoms with Crippen LogP contribution in [0, 0.1) is 0 Å². The predicted octanol–water partition coefficient (Wildman–Crippen LogP) is 4.19. The summed E-state index contributed by atoms with van der Waals surface area (Å²) in [6.45, 7) is 15.8. The first-order valence-corrected chi connectivity index (χ1v) is 13.1. The fourth-order valence-corrected chi connectivity index (χ4v) is 1.72. The third-order valence-electron chi connectivity index (χ3n) is 2.36. The fourth-order valence-electron chi connectivity index (χ4n) is 0.691. The summed E-state index contributed by atoms with van der Waals surface area (Å²) in [6, 6.07) is 2.60. The van der Waals surface area contributed by atoms with Gasteiger partial charge >= 0.3 is 0 Å². The van der Waals surface area contributed by atoms with Crippen LogP contribution in [0.1, 0.15) is 26.7 Å². The zero-order chi connectivity index (χ0) is 12.5. The van der Waals surface area contributed by atoms with Crippen molar-refractivity contribution in [2.75, 3.05) is 0 Å². The van der Waals surface area contributed by atoms with Crippen molar-refractivity contribution in [3.63, 3.8) is 0 Å². The molecule has 0 rings (SSSR count). The third-order valence-corrected chi connectivity index (χ3v) is 5.75. The number of carbonyl (C=O) groups is 1. The molecular formula is C12H30OSi2. The Labute approximate surface area is 99.3 Å². The Kier molecular flexibility index (Phi) is 10.9. The van der Waals surface area contributed by atoms with Gasteiger partial charge in [0.15, 0.2) is 0 Å². The molecule has 0 heterocycles. The maximum atomic E-state index is 10.9. The van der Waals surface area contributed by atoms with E-state index < -0.39 is 8.07 Å². The molecule has 0 aromatic heterocycles. The second kappa shape index (κ2) is 9.34. The lowest BCUT2D eigenvalue weighted by molar-refractivity contribution is -0.118. The highest BCUT2D eigenvalue weighted by atomic mass is 28.3. The summed E-state index contributed by atoms with van der Waals surface area (Å²) in [4.78, 5) is 10.9. The summed E-state index contributed by atoms with van der Waals surface area (Å²) in [6.07, 6.45) is 1.52. The minimum absolute atomic E-state index is 0.150. The van der Waals surface area contributed by atoms with Crippen LogP contribution >= 0.6 is 0 Å². The van der Waals surface area contributed by atoms with Crippen LogP contribution in [0.3, 0.4) is 0 Å². The predicted molar refractivity (Wildman–Crippen MR) is 77.4 cm³/mol. The molecule has 0 aliphatic carbocycles. The first kappa shape index (κ1) is 17.5. The Balaban J connectivity index is 0. The van der Waals surface area contributed by atoms with E-state index >= 15 is 0 Å². The van der Waals surface area contributed by atoms with Crippen LogP contribution in [0.4, 0.5) is 0 Å². The average molecular weight is 247 g/mol. The van der Waals surface area contributed by atoms with Gasteiger partial charge in [0.1, 0.15) is 5.78 Å². The second-order valence-electron chi connectivity index (χ2n) is 5.75. The average Bonchev–Trinajstić information content (AvgIpc) is 2.14. The molecule has 0 amide bonds. The molecular weight excluding hydrogens is 216 g/mol. The van der Waals surface area contributed by atoms with Gasteiger partial charge in [0.2, 0.25) is 0 Å². The SMILES string of the molecule is CCC(=O)CC[Si](C)(C)C.CC[SiH](C)C. The molecule has 15 heavy (non-hydrogen) atoms. The van der Waals surface area contributed by atoms with Crippen molar-refractivity contribution < 1.29 is 4.79 Å². The first-order chi connectivity index (χ1) is 6.72. The van der Waals surface area contributed by atoms with Crippen LogP contribution < -0.4 is 0 Å². The molecule has 0 fully saturated rings. The van der Waals surface area contributed by atoms with Crippen molar-refractivity contribution in [3.05, 3.63) is 0 Å². The van der Waals surface area contributed by atoms with Crippen molar-refractivity contribution in [1.29, 1.82) is 0 Å². The third kappa shape index (κ3) is 20.2. The number of hydrogen-bond acceptors (Lipinski definition) is 1. The Bertz CT molecular complexity index is 159. The highest BCUT2D eigenvalue weighted by Gasteiger charge is 2.13. The van der Waals surface area contributed by atoms with E-state index in [4.69, 9.17) is 0 Å². The summed E-state index contributed by atoms with van der Waals surface area (Å²) in [5, 5.41) is 0. The Morgan fingerprint density at radius 2 is 1.53 bits per heavy atom. The van der Waals surface area contributed by atoms with Crippen molar-refractivity contribution in [1.82, 2.24) is 0 Å². The number of ketones is 1. The highest BCUT2D eigenvalue weighted by Crippen LogP contribution is 2.11. The van der Waals surface area contributed by atoms with Crippen molar-refractivity contribution in [2.24, 2.45) is 0 Å². The molecule has 0 radical (unpaired) electrons. The Morgan fingerprint density at radius 1 is 1.13 bits per heavy atom. The van der Waals surface area contributed by atoms with Crippen LogP contribution in [0.5, 0.6) is 0 Å².